The number of anilines is 1. The summed E-state index contributed by atoms with van der Waals surface area (Å²) in [5.41, 5.74) is 2.71. The third-order valence-corrected chi connectivity index (χ3v) is 8.02. The summed E-state index contributed by atoms with van der Waals surface area (Å²) >= 11 is 13.5. The predicted octanol–water partition coefficient (Wildman–Crippen LogP) is 5.11. The highest BCUT2D eigenvalue weighted by molar-refractivity contribution is 7.80. The molecule has 2 aromatic rings. The number of ether oxygens (including phenoxy) is 1. The monoisotopic (exact) mass is 495 g/mol. The van der Waals surface area contributed by atoms with Crippen LogP contribution in [-0.2, 0) is 24.1 Å². The molecule has 0 unspecified atom stereocenters. The second-order valence-electron chi connectivity index (χ2n) is 8.19. The molecule has 1 fully saturated rings. The number of aryl methyl sites for hydroxylation is 1. The first-order valence-corrected chi connectivity index (χ1v) is 12.5. The van der Waals surface area contributed by atoms with Gasteiger partial charge in [-0.3, -0.25) is 4.90 Å². The zero-order valence-electron chi connectivity index (χ0n) is 18.1. The first kappa shape index (κ1) is 23.4. The van der Waals surface area contributed by atoms with Gasteiger partial charge < -0.3 is 15.0 Å². The summed E-state index contributed by atoms with van der Waals surface area (Å²) < 4.78 is 18.4. The molecule has 2 aliphatic rings. The van der Waals surface area contributed by atoms with Gasteiger partial charge in [-0.05, 0) is 61.2 Å². The van der Waals surface area contributed by atoms with Gasteiger partial charge in [0.05, 0.1) is 12.7 Å². The van der Waals surface area contributed by atoms with Gasteiger partial charge in [-0.25, -0.2) is 9.18 Å². The summed E-state index contributed by atoms with van der Waals surface area (Å²) in [6.07, 6.45) is 5.35. The number of benzene rings is 1. The number of methoxy groups -OCH3 is 1. The molecule has 1 aliphatic heterocycles. The highest BCUT2D eigenvalue weighted by atomic mass is 35.5. The van der Waals surface area contributed by atoms with Crippen LogP contribution in [-0.4, -0.2) is 54.2 Å². The lowest BCUT2D eigenvalue weighted by atomic mass is 10.1. The van der Waals surface area contributed by atoms with E-state index in [0.717, 1.165) is 68.0 Å². The number of rotatable bonds is 4. The van der Waals surface area contributed by atoms with Gasteiger partial charge in [-0.2, -0.15) is 0 Å². The number of hydrogen-bond acceptors (Lipinski definition) is 5. The highest BCUT2D eigenvalue weighted by Gasteiger charge is 2.27. The fourth-order valence-corrected chi connectivity index (χ4v) is 6.18. The van der Waals surface area contributed by atoms with Gasteiger partial charge in [0, 0.05) is 42.6 Å². The molecule has 1 aliphatic carbocycles. The third kappa shape index (κ3) is 5.25. The van der Waals surface area contributed by atoms with Crippen LogP contribution in [0.1, 0.15) is 45.6 Å². The van der Waals surface area contributed by atoms with E-state index in [4.69, 9.17) is 28.6 Å². The van der Waals surface area contributed by atoms with E-state index in [-0.39, 0.29) is 11.8 Å². The minimum absolute atomic E-state index is 0.296. The van der Waals surface area contributed by atoms with Crippen LogP contribution in [0.4, 0.5) is 9.39 Å². The van der Waals surface area contributed by atoms with Crippen molar-refractivity contribution >= 4 is 51.2 Å². The molecule has 1 saturated heterocycles. The van der Waals surface area contributed by atoms with Crippen LogP contribution in [0.25, 0.3) is 0 Å². The Bertz CT molecular complexity index is 1010. The van der Waals surface area contributed by atoms with Gasteiger partial charge in [-0.15, -0.1) is 11.3 Å². The smallest absolute Gasteiger partial charge is 0.341 e. The van der Waals surface area contributed by atoms with Crippen molar-refractivity contribution in [2.24, 2.45) is 0 Å². The van der Waals surface area contributed by atoms with E-state index in [2.05, 4.69) is 15.1 Å². The molecule has 0 amide bonds. The van der Waals surface area contributed by atoms with E-state index >= 15 is 0 Å². The van der Waals surface area contributed by atoms with Gasteiger partial charge in [0.1, 0.15) is 10.8 Å². The molecule has 1 aromatic heterocycles. The quantitative estimate of drug-likeness (QED) is 0.361. The maximum Gasteiger partial charge on any atom is 0.341 e. The van der Waals surface area contributed by atoms with Crippen molar-refractivity contribution < 1.29 is 13.9 Å². The summed E-state index contributed by atoms with van der Waals surface area (Å²) in [6.45, 7) is 3.85. The summed E-state index contributed by atoms with van der Waals surface area (Å²) in [7, 11) is 1.43. The number of esters is 1. The van der Waals surface area contributed by atoms with Crippen molar-refractivity contribution in [3.63, 3.8) is 0 Å². The topological polar surface area (TPSA) is 44.8 Å². The van der Waals surface area contributed by atoms with E-state index in [1.54, 1.807) is 17.4 Å². The van der Waals surface area contributed by atoms with Crippen LogP contribution < -0.4 is 5.32 Å². The minimum atomic E-state index is -0.322. The zero-order chi connectivity index (χ0) is 22.7. The normalized spacial score (nSPS) is 16.9. The average molecular weight is 496 g/mol. The van der Waals surface area contributed by atoms with E-state index in [0.29, 0.717) is 22.2 Å². The first-order chi connectivity index (χ1) is 15.5. The molecule has 0 spiro atoms. The molecule has 9 heteroatoms. The van der Waals surface area contributed by atoms with Crippen molar-refractivity contribution in [3.8, 4) is 0 Å². The van der Waals surface area contributed by atoms with Crippen LogP contribution >= 0.6 is 35.2 Å². The second kappa shape index (κ2) is 10.5. The molecule has 5 nitrogen and oxygen atoms in total. The number of carbonyl (C=O) groups is 1. The summed E-state index contributed by atoms with van der Waals surface area (Å²) in [6, 6.07) is 4.54. The van der Waals surface area contributed by atoms with Crippen LogP contribution in [0.2, 0.25) is 5.02 Å². The Morgan fingerprint density at radius 1 is 1.22 bits per heavy atom. The van der Waals surface area contributed by atoms with Crippen molar-refractivity contribution in [1.29, 1.82) is 0 Å². The number of piperazine rings is 1. The maximum absolute atomic E-state index is 13.3. The lowest BCUT2D eigenvalue weighted by Crippen LogP contribution is -2.49. The predicted molar refractivity (Wildman–Crippen MR) is 131 cm³/mol. The summed E-state index contributed by atoms with van der Waals surface area (Å²) in [4.78, 5) is 18.2. The number of halogens is 2. The van der Waals surface area contributed by atoms with Gasteiger partial charge in [-0.1, -0.05) is 24.1 Å². The number of thiocarbonyl (C=S) groups is 1. The molecule has 1 aromatic carbocycles. The number of nitrogens with one attached hydrogen (secondary N) is 1. The molecule has 0 radical (unpaired) electrons. The fraction of sp³-hybridized carbons (Fsp3) is 0.478. The standard InChI is InChI=1S/C23H27ClFN3O2S2/c1-30-22(29)20-17-5-3-2-4-6-19(17)32-21(20)26-23(31)28-11-9-27(10-12-28)14-15-7-8-16(25)13-18(15)24/h7-8,13H,2-6,9-12,14H2,1H3,(H,26,31). The lowest BCUT2D eigenvalue weighted by molar-refractivity contribution is 0.0601. The zero-order valence-corrected chi connectivity index (χ0v) is 20.5. The molecule has 32 heavy (non-hydrogen) atoms. The van der Waals surface area contributed by atoms with E-state index in [9.17, 15) is 9.18 Å². The SMILES string of the molecule is COC(=O)c1c(NC(=S)N2CCN(Cc3ccc(F)cc3Cl)CC2)sc2c1CCCCC2. The van der Waals surface area contributed by atoms with E-state index in [1.807, 2.05) is 0 Å². The van der Waals surface area contributed by atoms with E-state index < -0.39 is 0 Å². The minimum Gasteiger partial charge on any atom is -0.465 e. The fourth-order valence-electron chi connectivity index (χ4n) is 4.32. The Hall–Kier alpha value is -1.74. The van der Waals surface area contributed by atoms with Gasteiger partial charge in [0.2, 0.25) is 0 Å². The number of carbonyl (C=O) groups excluding carboxylic acids is 1. The van der Waals surface area contributed by atoms with Gasteiger partial charge in [0.15, 0.2) is 5.11 Å². The summed E-state index contributed by atoms with van der Waals surface area (Å²) in [5, 5.41) is 5.23. The van der Waals surface area contributed by atoms with Crippen LogP contribution in [0.3, 0.4) is 0 Å². The number of thiophene rings is 1. The van der Waals surface area contributed by atoms with Crippen molar-refractivity contribution in [2.45, 2.75) is 38.6 Å². The lowest BCUT2D eigenvalue weighted by Gasteiger charge is -2.36. The molecular weight excluding hydrogens is 469 g/mol. The van der Waals surface area contributed by atoms with Crippen molar-refractivity contribution in [1.82, 2.24) is 9.80 Å². The maximum atomic E-state index is 13.3. The third-order valence-electron chi connectivity index (χ3n) is 6.10. The van der Waals surface area contributed by atoms with Gasteiger partial charge >= 0.3 is 5.97 Å². The molecule has 0 atom stereocenters. The van der Waals surface area contributed by atoms with Crippen LogP contribution in [0, 0.1) is 5.82 Å². The Balaban J connectivity index is 1.39. The molecule has 172 valence electrons. The number of nitrogens with zero attached hydrogens (tertiary/aromatic N) is 2. The van der Waals surface area contributed by atoms with Crippen molar-refractivity contribution in [3.05, 3.63) is 50.6 Å². The van der Waals surface area contributed by atoms with Gasteiger partial charge in [0.25, 0.3) is 0 Å². The summed E-state index contributed by atoms with van der Waals surface area (Å²) in [5.74, 6) is -0.618. The van der Waals surface area contributed by atoms with E-state index in [1.165, 1.54) is 30.5 Å². The average Bonchev–Trinajstić information content (AvgIpc) is 2.95. The van der Waals surface area contributed by atoms with Crippen LogP contribution in [0.5, 0.6) is 0 Å². The largest absolute Gasteiger partial charge is 0.465 e. The molecule has 2 heterocycles. The Morgan fingerprint density at radius 3 is 2.69 bits per heavy atom. The molecule has 0 bridgehead atoms. The van der Waals surface area contributed by atoms with Crippen molar-refractivity contribution in [2.75, 3.05) is 38.6 Å². The Kier molecular flexibility index (Phi) is 7.66. The Morgan fingerprint density at radius 2 is 1.97 bits per heavy atom. The molecular formula is C23H27ClFN3O2S2. The molecule has 1 N–H and O–H groups in total. The molecule has 4 rings (SSSR count). The molecule has 0 saturated carbocycles. The Labute approximate surface area is 202 Å². The van der Waals surface area contributed by atoms with Crippen LogP contribution in [0.15, 0.2) is 18.2 Å². The number of hydrogen-bond donors (Lipinski definition) is 1. The number of fused-ring (bicyclic) bond motifs is 1. The highest BCUT2D eigenvalue weighted by Crippen LogP contribution is 2.38. The first-order valence-electron chi connectivity index (χ1n) is 10.9. The second-order valence-corrected chi connectivity index (χ2v) is 10.1.